The largest absolute Gasteiger partial charge is 0.381 e. The molecule has 0 aromatic heterocycles. The minimum Gasteiger partial charge on any atom is -0.381 e. The van der Waals surface area contributed by atoms with Gasteiger partial charge in [0.1, 0.15) is 0 Å². The summed E-state index contributed by atoms with van der Waals surface area (Å²) < 4.78 is 5.58. The third-order valence-electron chi connectivity index (χ3n) is 2.65. The van der Waals surface area contributed by atoms with Crippen molar-refractivity contribution in [1.82, 2.24) is 10.6 Å². The van der Waals surface area contributed by atoms with Gasteiger partial charge in [-0.15, -0.1) is 0 Å². The highest BCUT2D eigenvalue weighted by molar-refractivity contribution is 5.79. The summed E-state index contributed by atoms with van der Waals surface area (Å²) in [6, 6.07) is 0. The summed E-state index contributed by atoms with van der Waals surface area (Å²) in [6.07, 6.45) is 4.86. The van der Waals surface area contributed by atoms with E-state index in [9.17, 15) is 0 Å². The van der Waals surface area contributed by atoms with E-state index >= 15 is 0 Å². The van der Waals surface area contributed by atoms with Crippen LogP contribution in [0, 0.1) is 5.92 Å². The van der Waals surface area contributed by atoms with Gasteiger partial charge in [0.15, 0.2) is 5.96 Å². The molecule has 0 unspecified atom stereocenters. The van der Waals surface area contributed by atoms with Crippen molar-refractivity contribution in [3.05, 3.63) is 0 Å². The molecule has 4 nitrogen and oxygen atoms in total. The molecule has 0 bridgehead atoms. The van der Waals surface area contributed by atoms with Gasteiger partial charge >= 0.3 is 0 Å². The average Bonchev–Trinajstić information content (AvgIpc) is 3.14. The Bertz CT molecular complexity index is 215. The number of nitrogens with one attached hydrogen (secondary N) is 2. The molecule has 0 saturated heterocycles. The Morgan fingerprint density at radius 2 is 2.12 bits per heavy atom. The average molecular weight is 241 g/mol. The number of hydrogen-bond donors (Lipinski definition) is 2. The minimum atomic E-state index is 0.858. The molecule has 0 spiro atoms. The Kier molecular flexibility index (Phi) is 7.80. The molecule has 17 heavy (non-hydrogen) atoms. The number of hydrogen-bond acceptors (Lipinski definition) is 2. The van der Waals surface area contributed by atoms with E-state index in [1.165, 1.54) is 12.8 Å². The first-order chi connectivity index (χ1) is 8.36. The highest BCUT2D eigenvalue weighted by Crippen LogP contribution is 2.28. The van der Waals surface area contributed by atoms with Crippen molar-refractivity contribution in [2.75, 3.05) is 32.8 Å². The molecule has 1 fully saturated rings. The number of rotatable bonds is 9. The Balaban J connectivity index is 1.96. The third-order valence-corrected chi connectivity index (χ3v) is 2.65. The SMILES string of the molecule is CCCN=C(NCC)NCCCOCC1CC1. The molecule has 0 radical (unpaired) electrons. The quantitative estimate of drug-likeness (QED) is 0.367. The van der Waals surface area contributed by atoms with E-state index in [0.717, 1.165) is 57.6 Å². The zero-order valence-corrected chi connectivity index (χ0v) is 11.3. The van der Waals surface area contributed by atoms with Gasteiger partial charge in [0, 0.05) is 32.8 Å². The van der Waals surface area contributed by atoms with Crippen LogP contribution in [0.25, 0.3) is 0 Å². The molecular formula is C13H27N3O. The van der Waals surface area contributed by atoms with Crippen LogP contribution in [-0.2, 0) is 4.74 Å². The summed E-state index contributed by atoms with van der Waals surface area (Å²) in [5.74, 6) is 1.79. The molecule has 2 N–H and O–H groups in total. The fourth-order valence-electron chi connectivity index (χ4n) is 1.48. The molecule has 4 heteroatoms. The Morgan fingerprint density at radius 1 is 1.29 bits per heavy atom. The second kappa shape index (κ2) is 9.28. The van der Waals surface area contributed by atoms with E-state index in [1.54, 1.807) is 0 Å². The second-order valence-corrected chi connectivity index (χ2v) is 4.56. The maximum absolute atomic E-state index is 5.58. The van der Waals surface area contributed by atoms with Gasteiger partial charge in [0.25, 0.3) is 0 Å². The molecular weight excluding hydrogens is 214 g/mol. The van der Waals surface area contributed by atoms with Crippen molar-refractivity contribution in [2.45, 2.75) is 39.5 Å². The van der Waals surface area contributed by atoms with Crippen LogP contribution >= 0.6 is 0 Å². The van der Waals surface area contributed by atoms with Crippen LogP contribution < -0.4 is 10.6 Å². The van der Waals surface area contributed by atoms with Gasteiger partial charge in [-0.05, 0) is 38.5 Å². The van der Waals surface area contributed by atoms with E-state index in [2.05, 4.69) is 29.5 Å². The Morgan fingerprint density at radius 3 is 2.76 bits per heavy atom. The first-order valence-electron chi connectivity index (χ1n) is 6.96. The fourth-order valence-corrected chi connectivity index (χ4v) is 1.48. The first kappa shape index (κ1) is 14.3. The van der Waals surface area contributed by atoms with Crippen molar-refractivity contribution < 1.29 is 4.74 Å². The van der Waals surface area contributed by atoms with Gasteiger partial charge in [-0.3, -0.25) is 4.99 Å². The van der Waals surface area contributed by atoms with Crippen LogP contribution in [0.3, 0.4) is 0 Å². The molecule has 0 heterocycles. The van der Waals surface area contributed by atoms with E-state index < -0.39 is 0 Å². The van der Waals surface area contributed by atoms with Crippen molar-refractivity contribution in [3.8, 4) is 0 Å². The van der Waals surface area contributed by atoms with Crippen LogP contribution in [0.2, 0.25) is 0 Å². The normalized spacial score (nSPS) is 16.0. The number of aliphatic imine (C=N–C) groups is 1. The molecule has 1 aliphatic carbocycles. The summed E-state index contributed by atoms with van der Waals surface area (Å²) in [6.45, 7) is 8.77. The number of nitrogens with zero attached hydrogens (tertiary/aromatic N) is 1. The van der Waals surface area contributed by atoms with Gasteiger partial charge in [-0.2, -0.15) is 0 Å². The van der Waals surface area contributed by atoms with Crippen LogP contribution in [0.5, 0.6) is 0 Å². The van der Waals surface area contributed by atoms with Gasteiger partial charge in [-0.1, -0.05) is 6.92 Å². The zero-order valence-electron chi connectivity index (χ0n) is 11.3. The van der Waals surface area contributed by atoms with Gasteiger partial charge in [-0.25, -0.2) is 0 Å². The predicted octanol–water partition coefficient (Wildman–Crippen LogP) is 1.77. The minimum absolute atomic E-state index is 0.858. The molecule has 0 aromatic rings. The van der Waals surface area contributed by atoms with Crippen molar-refractivity contribution >= 4 is 5.96 Å². The summed E-state index contributed by atoms with van der Waals surface area (Å²) >= 11 is 0. The van der Waals surface area contributed by atoms with Gasteiger partial charge in [0.05, 0.1) is 0 Å². The van der Waals surface area contributed by atoms with E-state index in [-0.39, 0.29) is 0 Å². The van der Waals surface area contributed by atoms with Gasteiger partial charge < -0.3 is 15.4 Å². The molecule has 0 atom stereocenters. The molecule has 1 saturated carbocycles. The van der Waals surface area contributed by atoms with Crippen LogP contribution in [-0.4, -0.2) is 38.8 Å². The first-order valence-corrected chi connectivity index (χ1v) is 6.96. The lowest BCUT2D eigenvalue weighted by atomic mass is 10.4. The molecule has 1 aliphatic rings. The molecule has 0 aromatic carbocycles. The molecule has 100 valence electrons. The van der Waals surface area contributed by atoms with Crippen LogP contribution in [0.15, 0.2) is 4.99 Å². The molecule has 0 aliphatic heterocycles. The highest BCUT2D eigenvalue weighted by atomic mass is 16.5. The van der Waals surface area contributed by atoms with Crippen molar-refractivity contribution in [3.63, 3.8) is 0 Å². The maximum atomic E-state index is 5.58. The fraction of sp³-hybridized carbons (Fsp3) is 0.923. The van der Waals surface area contributed by atoms with E-state index in [0.29, 0.717) is 0 Å². The summed E-state index contributed by atoms with van der Waals surface area (Å²) in [7, 11) is 0. The number of ether oxygens (including phenoxy) is 1. The smallest absolute Gasteiger partial charge is 0.191 e. The predicted molar refractivity (Wildman–Crippen MR) is 72.4 cm³/mol. The monoisotopic (exact) mass is 241 g/mol. The van der Waals surface area contributed by atoms with E-state index in [4.69, 9.17) is 4.74 Å². The maximum Gasteiger partial charge on any atom is 0.191 e. The molecule has 1 rings (SSSR count). The van der Waals surface area contributed by atoms with Crippen LogP contribution in [0.1, 0.15) is 39.5 Å². The lowest BCUT2D eigenvalue weighted by Gasteiger charge is -2.11. The highest BCUT2D eigenvalue weighted by Gasteiger charge is 2.20. The Labute approximate surface area is 105 Å². The number of guanidine groups is 1. The summed E-state index contributed by atoms with van der Waals surface area (Å²) in [5, 5.41) is 6.55. The standard InChI is InChI=1S/C13H27N3O/c1-3-8-15-13(14-4-2)16-9-5-10-17-11-12-6-7-12/h12H,3-11H2,1-2H3,(H2,14,15,16). The van der Waals surface area contributed by atoms with Crippen molar-refractivity contribution in [2.24, 2.45) is 10.9 Å². The Hall–Kier alpha value is -0.770. The zero-order chi connectivity index (χ0) is 12.3. The van der Waals surface area contributed by atoms with E-state index in [1.807, 2.05) is 0 Å². The lowest BCUT2D eigenvalue weighted by Crippen LogP contribution is -2.38. The van der Waals surface area contributed by atoms with Crippen molar-refractivity contribution in [1.29, 1.82) is 0 Å². The topological polar surface area (TPSA) is 45.7 Å². The van der Waals surface area contributed by atoms with Crippen LogP contribution in [0.4, 0.5) is 0 Å². The lowest BCUT2D eigenvalue weighted by molar-refractivity contribution is 0.123. The second-order valence-electron chi connectivity index (χ2n) is 4.56. The molecule has 0 amide bonds. The summed E-state index contributed by atoms with van der Waals surface area (Å²) in [5.41, 5.74) is 0. The third kappa shape index (κ3) is 8.02. The summed E-state index contributed by atoms with van der Waals surface area (Å²) in [4.78, 5) is 4.44. The van der Waals surface area contributed by atoms with Gasteiger partial charge in [0.2, 0.25) is 0 Å².